The maximum Gasteiger partial charge on any atom is 0.253 e. The Kier molecular flexibility index (Phi) is 6.40. The van der Waals surface area contributed by atoms with Crippen LogP contribution < -0.4 is 0 Å². The summed E-state index contributed by atoms with van der Waals surface area (Å²) in [6.07, 6.45) is 1.41. The van der Waals surface area contributed by atoms with Crippen LogP contribution in [0.1, 0.15) is 39.9 Å². The third kappa shape index (κ3) is 4.74. The van der Waals surface area contributed by atoms with E-state index in [1.54, 1.807) is 24.3 Å². The molecule has 148 valence electrons. The van der Waals surface area contributed by atoms with Crippen LogP contribution in [0.5, 0.6) is 0 Å². The molecule has 0 aliphatic carbocycles. The third-order valence-electron chi connectivity index (χ3n) is 5.50. The van der Waals surface area contributed by atoms with Gasteiger partial charge in [-0.3, -0.25) is 9.59 Å². The first kappa shape index (κ1) is 20.4. The average molecular weight is 399 g/mol. The fourth-order valence-electron chi connectivity index (χ4n) is 3.77. The van der Waals surface area contributed by atoms with Crippen LogP contribution in [0.2, 0.25) is 5.02 Å². The molecule has 1 heterocycles. The molecule has 1 aliphatic rings. The van der Waals surface area contributed by atoms with Crippen molar-refractivity contribution in [2.45, 2.75) is 33.2 Å². The summed E-state index contributed by atoms with van der Waals surface area (Å²) in [5.74, 6) is 0.148. The Balaban J connectivity index is 1.55. The highest BCUT2D eigenvalue weighted by Gasteiger charge is 2.29. The number of carbonyl (C=O) groups is 2. The van der Waals surface area contributed by atoms with E-state index >= 15 is 0 Å². The lowest BCUT2D eigenvalue weighted by atomic mass is 9.94. The molecule has 3 rings (SSSR count). The molecule has 1 saturated heterocycles. The molecule has 0 spiro atoms. The minimum atomic E-state index is -0.0231. The summed E-state index contributed by atoms with van der Waals surface area (Å²) in [6, 6.07) is 13.3. The number of hydrogen-bond donors (Lipinski definition) is 0. The van der Waals surface area contributed by atoms with Crippen molar-refractivity contribution in [2.24, 2.45) is 5.92 Å². The van der Waals surface area contributed by atoms with E-state index in [1.165, 1.54) is 16.7 Å². The SMILES string of the molecule is Cc1ccc(CN(C)C(=O)C2CCN(C(=O)c3ccc(Cl)cc3)CC2)c(C)c1. The molecule has 0 atom stereocenters. The van der Waals surface area contributed by atoms with Gasteiger partial charge in [0.15, 0.2) is 0 Å². The zero-order valence-electron chi connectivity index (χ0n) is 16.7. The Hall–Kier alpha value is -2.33. The van der Waals surface area contributed by atoms with Crippen LogP contribution in [-0.2, 0) is 11.3 Å². The second-order valence-electron chi connectivity index (χ2n) is 7.70. The van der Waals surface area contributed by atoms with E-state index in [1.807, 2.05) is 16.8 Å². The number of amides is 2. The predicted molar refractivity (Wildman–Crippen MR) is 112 cm³/mol. The van der Waals surface area contributed by atoms with E-state index in [0.717, 1.165) is 0 Å². The smallest absolute Gasteiger partial charge is 0.253 e. The third-order valence-corrected chi connectivity index (χ3v) is 5.76. The van der Waals surface area contributed by atoms with Crippen molar-refractivity contribution in [1.82, 2.24) is 9.80 Å². The number of benzene rings is 2. The summed E-state index contributed by atoms with van der Waals surface area (Å²) in [5, 5.41) is 0.618. The van der Waals surface area contributed by atoms with Crippen LogP contribution in [-0.4, -0.2) is 41.8 Å². The van der Waals surface area contributed by atoms with Gasteiger partial charge in [-0.15, -0.1) is 0 Å². The molecule has 0 saturated carbocycles. The average Bonchev–Trinajstić information content (AvgIpc) is 2.69. The molecule has 0 bridgehead atoms. The largest absolute Gasteiger partial charge is 0.341 e. The molecule has 0 N–H and O–H groups in total. The monoisotopic (exact) mass is 398 g/mol. The predicted octanol–water partition coefficient (Wildman–Crippen LogP) is 4.47. The van der Waals surface area contributed by atoms with Crippen molar-refractivity contribution in [3.8, 4) is 0 Å². The molecule has 2 amide bonds. The van der Waals surface area contributed by atoms with Crippen molar-refractivity contribution in [1.29, 1.82) is 0 Å². The minimum absolute atomic E-state index is 0.00574. The Morgan fingerprint density at radius 1 is 1.07 bits per heavy atom. The lowest BCUT2D eigenvalue weighted by molar-refractivity contribution is -0.136. The maximum atomic E-state index is 12.9. The zero-order valence-corrected chi connectivity index (χ0v) is 17.5. The molecular formula is C23H27ClN2O2. The number of aryl methyl sites for hydroxylation is 2. The summed E-state index contributed by atoms with van der Waals surface area (Å²) >= 11 is 5.89. The molecule has 28 heavy (non-hydrogen) atoms. The van der Waals surface area contributed by atoms with Crippen LogP contribution in [0.15, 0.2) is 42.5 Å². The van der Waals surface area contributed by atoms with E-state index in [4.69, 9.17) is 11.6 Å². The Labute approximate surface area is 172 Å². The summed E-state index contributed by atoms with van der Waals surface area (Å²) < 4.78 is 0. The van der Waals surface area contributed by atoms with Gasteiger partial charge in [-0.2, -0.15) is 0 Å². The lowest BCUT2D eigenvalue weighted by Crippen LogP contribution is -2.43. The fourth-order valence-corrected chi connectivity index (χ4v) is 3.90. The summed E-state index contributed by atoms with van der Waals surface area (Å²) in [4.78, 5) is 29.1. The summed E-state index contributed by atoms with van der Waals surface area (Å²) in [7, 11) is 1.87. The van der Waals surface area contributed by atoms with Crippen molar-refractivity contribution < 1.29 is 9.59 Å². The molecule has 0 unspecified atom stereocenters. The van der Waals surface area contributed by atoms with Crippen LogP contribution in [0.25, 0.3) is 0 Å². The van der Waals surface area contributed by atoms with Crippen LogP contribution in [0.4, 0.5) is 0 Å². The number of rotatable bonds is 4. The maximum absolute atomic E-state index is 12.9. The van der Waals surface area contributed by atoms with Gasteiger partial charge >= 0.3 is 0 Å². The Morgan fingerprint density at radius 3 is 2.32 bits per heavy atom. The topological polar surface area (TPSA) is 40.6 Å². The van der Waals surface area contributed by atoms with Gasteiger partial charge in [0.1, 0.15) is 0 Å². The normalized spacial score (nSPS) is 14.8. The van der Waals surface area contributed by atoms with Gasteiger partial charge < -0.3 is 9.80 Å². The van der Waals surface area contributed by atoms with Gasteiger partial charge in [0.2, 0.25) is 5.91 Å². The quantitative estimate of drug-likeness (QED) is 0.762. The van der Waals surface area contributed by atoms with E-state index in [0.29, 0.717) is 43.1 Å². The molecule has 2 aromatic carbocycles. The molecule has 1 aliphatic heterocycles. The van der Waals surface area contributed by atoms with Gasteiger partial charge in [0.25, 0.3) is 5.91 Å². The van der Waals surface area contributed by atoms with Crippen molar-refractivity contribution in [2.75, 3.05) is 20.1 Å². The standard InChI is InChI=1S/C23H27ClN2O2/c1-16-4-5-20(17(2)14-16)15-25(3)22(27)19-10-12-26(13-11-19)23(28)18-6-8-21(24)9-7-18/h4-9,14,19H,10-13,15H2,1-3H3. The van der Waals surface area contributed by atoms with Gasteiger partial charge in [0, 0.05) is 43.2 Å². The first-order valence-electron chi connectivity index (χ1n) is 9.71. The van der Waals surface area contributed by atoms with Crippen LogP contribution in [0.3, 0.4) is 0 Å². The first-order chi connectivity index (χ1) is 13.3. The minimum Gasteiger partial charge on any atom is -0.341 e. The van der Waals surface area contributed by atoms with Crippen molar-refractivity contribution in [3.05, 3.63) is 69.7 Å². The highest BCUT2D eigenvalue weighted by molar-refractivity contribution is 6.30. The zero-order chi connectivity index (χ0) is 20.3. The molecule has 5 heteroatoms. The van der Waals surface area contributed by atoms with E-state index in [2.05, 4.69) is 32.0 Å². The molecule has 0 radical (unpaired) electrons. The Morgan fingerprint density at radius 2 is 1.71 bits per heavy atom. The molecule has 1 fully saturated rings. The molecule has 2 aromatic rings. The highest BCUT2D eigenvalue weighted by atomic mass is 35.5. The molecule has 4 nitrogen and oxygen atoms in total. The Bertz CT molecular complexity index is 855. The second-order valence-corrected chi connectivity index (χ2v) is 8.13. The molecular weight excluding hydrogens is 372 g/mol. The van der Waals surface area contributed by atoms with Crippen molar-refractivity contribution >= 4 is 23.4 Å². The number of nitrogens with zero attached hydrogens (tertiary/aromatic N) is 2. The number of piperidine rings is 1. The van der Waals surface area contributed by atoms with Gasteiger partial charge in [-0.05, 0) is 62.1 Å². The van der Waals surface area contributed by atoms with Crippen LogP contribution in [0, 0.1) is 19.8 Å². The van der Waals surface area contributed by atoms with E-state index in [9.17, 15) is 9.59 Å². The summed E-state index contributed by atoms with van der Waals surface area (Å²) in [5.41, 5.74) is 4.26. The first-order valence-corrected chi connectivity index (χ1v) is 10.1. The molecule has 0 aromatic heterocycles. The number of hydrogen-bond acceptors (Lipinski definition) is 2. The van der Waals surface area contributed by atoms with Crippen molar-refractivity contribution in [3.63, 3.8) is 0 Å². The number of halogens is 1. The van der Waals surface area contributed by atoms with E-state index < -0.39 is 0 Å². The number of likely N-dealkylation sites (tertiary alicyclic amines) is 1. The van der Waals surface area contributed by atoms with E-state index in [-0.39, 0.29) is 17.7 Å². The van der Waals surface area contributed by atoms with Gasteiger partial charge in [0.05, 0.1) is 0 Å². The fraction of sp³-hybridized carbons (Fsp3) is 0.391. The van der Waals surface area contributed by atoms with Gasteiger partial charge in [-0.1, -0.05) is 35.4 Å². The van der Waals surface area contributed by atoms with Crippen LogP contribution >= 0.6 is 11.6 Å². The number of carbonyl (C=O) groups excluding carboxylic acids is 2. The highest BCUT2D eigenvalue weighted by Crippen LogP contribution is 2.23. The second kappa shape index (κ2) is 8.78. The summed E-state index contributed by atoms with van der Waals surface area (Å²) in [6.45, 7) is 5.99. The van der Waals surface area contributed by atoms with Gasteiger partial charge in [-0.25, -0.2) is 0 Å². The lowest BCUT2D eigenvalue weighted by Gasteiger charge is -2.33.